The highest BCUT2D eigenvalue weighted by molar-refractivity contribution is 5.80. The molecule has 0 bridgehead atoms. The molecular weight excluding hydrogens is 341 g/mol. The van der Waals surface area contributed by atoms with Crippen LogP contribution in [-0.4, -0.2) is 63.2 Å². The highest BCUT2D eigenvalue weighted by Crippen LogP contribution is 2.22. The fourth-order valence-electron chi connectivity index (χ4n) is 4.22. The number of anilines is 1. The minimum Gasteiger partial charge on any atom is -0.371 e. The van der Waals surface area contributed by atoms with Gasteiger partial charge in [-0.1, -0.05) is 18.9 Å². The first-order chi connectivity index (χ1) is 13.2. The number of halogens is 1. The van der Waals surface area contributed by atoms with Crippen molar-refractivity contribution < 1.29 is 4.39 Å². The number of likely N-dealkylation sites (N-methyl/N-ethyl adjacent to an activating group) is 1. The first-order valence-corrected chi connectivity index (χ1v) is 10.3. The van der Waals surface area contributed by atoms with Gasteiger partial charge in [0.15, 0.2) is 5.96 Å². The van der Waals surface area contributed by atoms with Gasteiger partial charge >= 0.3 is 0 Å². The smallest absolute Gasteiger partial charge is 0.191 e. The van der Waals surface area contributed by atoms with E-state index in [4.69, 9.17) is 0 Å². The number of hydrogen-bond donors (Lipinski definition) is 2. The molecule has 0 amide bonds. The van der Waals surface area contributed by atoms with E-state index >= 15 is 0 Å². The monoisotopic (exact) mass is 375 g/mol. The fraction of sp³-hybridized carbons (Fsp3) is 0.667. The van der Waals surface area contributed by atoms with E-state index in [1.165, 1.54) is 31.7 Å². The summed E-state index contributed by atoms with van der Waals surface area (Å²) in [6.45, 7) is 3.82. The second kappa shape index (κ2) is 9.93. The van der Waals surface area contributed by atoms with Crippen LogP contribution >= 0.6 is 0 Å². The van der Waals surface area contributed by atoms with Crippen LogP contribution in [0.3, 0.4) is 0 Å². The molecule has 2 fully saturated rings. The Kier molecular flexibility index (Phi) is 7.33. The van der Waals surface area contributed by atoms with Gasteiger partial charge in [-0.2, -0.15) is 0 Å². The third-order valence-electron chi connectivity index (χ3n) is 5.94. The maximum atomic E-state index is 13.4. The van der Waals surface area contributed by atoms with Gasteiger partial charge in [0.2, 0.25) is 0 Å². The van der Waals surface area contributed by atoms with Crippen molar-refractivity contribution in [2.24, 2.45) is 4.99 Å². The van der Waals surface area contributed by atoms with E-state index in [0.29, 0.717) is 6.04 Å². The summed E-state index contributed by atoms with van der Waals surface area (Å²) >= 11 is 0. The van der Waals surface area contributed by atoms with Crippen molar-refractivity contribution in [2.75, 3.05) is 45.2 Å². The average molecular weight is 376 g/mol. The lowest BCUT2D eigenvalue weighted by molar-refractivity contribution is 0.249. The number of piperidine rings is 1. The molecule has 1 aromatic carbocycles. The molecule has 1 saturated heterocycles. The maximum Gasteiger partial charge on any atom is 0.191 e. The Morgan fingerprint density at radius 2 is 1.96 bits per heavy atom. The zero-order chi connectivity index (χ0) is 19.1. The standard InChI is InChI=1S/C21H34FN5/c1-23-21(24-12-15-26(2)19-7-3-4-8-19)25-18-10-13-27(14-11-18)20-9-5-6-17(22)16-20/h5-6,9,16,18-19H,3-4,7-8,10-15H2,1-2H3,(H2,23,24,25). The molecule has 1 aliphatic heterocycles. The van der Waals surface area contributed by atoms with Crippen LogP contribution in [0.25, 0.3) is 0 Å². The SMILES string of the molecule is CN=C(NCCN(C)C1CCCC1)NC1CCN(c2cccc(F)c2)CC1. The van der Waals surface area contributed by atoms with Crippen LogP contribution in [0.15, 0.2) is 29.3 Å². The number of nitrogens with one attached hydrogen (secondary N) is 2. The van der Waals surface area contributed by atoms with E-state index < -0.39 is 0 Å². The van der Waals surface area contributed by atoms with Gasteiger partial charge in [-0.05, 0) is 50.9 Å². The quantitative estimate of drug-likeness (QED) is 0.593. The predicted molar refractivity (Wildman–Crippen MR) is 111 cm³/mol. The Balaban J connectivity index is 1.38. The third-order valence-corrected chi connectivity index (χ3v) is 5.94. The van der Waals surface area contributed by atoms with Crippen LogP contribution in [0.1, 0.15) is 38.5 Å². The molecule has 1 aromatic rings. The summed E-state index contributed by atoms with van der Waals surface area (Å²) < 4.78 is 13.4. The van der Waals surface area contributed by atoms with Crippen molar-refractivity contribution >= 4 is 11.6 Å². The number of aliphatic imine (C=N–C) groups is 1. The van der Waals surface area contributed by atoms with Gasteiger partial charge in [0.25, 0.3) is 0 Å². The lowest BCUT2D eigenvalue weighted by Crippen LogP contribution is -2.50. The van der Waals surface area contributed by atoms with Crippen molar-refractivity contribution in [3.05, 3.63) is 30.1 Å². The van der Waals surface area contributed by atoms with E-state index in [-0.39, 0.29) is 5.82 Å². The summed E-state index contributed by atoms with van der Waals surface area (Å²) in [6.07, 6.45) is 7.49. The first kappa shape index (κ1) is 19.9. The Bertz CT molecular complexity index is 606. The molecule has 1 heterocycles. The van der Waals surface area contributed by atoms with Crippen LogP contribution in [0.4, 0.5) is 10.1 Å². The van der Waals surface area contributed by atoms with E-state index in [0.717, 1.165) is 56.7 Å². The minimum absolute atomic E-state index is 0.167. The molecule has 150 valence electrons. The molecule has 27 heavy (non-hydrogen) atoms. The summed E-state index contributed by atoms with van der Waals surface area (Å²) in [6, 6.07) is 8.05. The summed E-state index contributed by atoms with van der Waals surface area (Å²) in [4.78, 5) is 9.11. The topological polar surface area (TPSA) is 42.9 Å². The van der Waals surface area contributed by atoms with Crippen LogP contribution in [0.5, 0.6) is 0 Å². The van der Waals surface area contributed by atoms with Gasteiger partial charge in [0, 0.05) is 51.0 Å². The van der Waals surface area contributed by atoms with Crippen molar-refractivity contribution in [3.63, 3.8) is 0 Å². The molecule has 0 radical (unpaired) electrons. The Morgan fingerprint density at radius 1 is 1.22 bits per heavy atom. The van der Waals surface area contributed by atoms with Gasteiger partial charge in [0.05, 0.1) is 0 Å². The Labute approximate surface area is 163 Å². The lowest BCUT2D eigenvalue weighted by Gasteiger charge is -2.34. The molecule has 2 aliphatic rings. The molecule has 0 atom stereocenters. The summed E-state index contributed by atoms with van der Waals surface area (Å²) in [5.74, 6) is 0.721. The molecule has 1 saturated carbocycles. The van der Waals surface area contributed by atoms with Crippen LogP contribution < -0.4 is 15.5 Å². The van der Waals surface area contributed by atoms with Crippen molar-refractivity contribution in [3.8, 4) is 0 Å². The normalized spacial score (nSPS) is 19.7. The van der Waals surface area contributed by atoms with Crippen molar-refractivity contribution in [2.45, 2.75) is 50.6 Å². The first-order valence-electron chi connectivity index (χ1n) is 10.3. The number of benzene rings is 1. The molecule has 2 N–H and O–H groups in total. The van der Waals surface area contributed by atoms with Crippen LogP contribution in [0.2, 0.25) is 0 Å². The molecule has 0 unspecified atom stereocenters. The maximum absolute atomic E-state index is 13.4. The number of hydrogen-bond acceptors (Lipinski definition) is 3. The molecule has 0 aromatic heterocycles. The van der Waals surface area contributed by atoms with Crippen LogP contribution in [-0.2, 0) is 0 Å². The Hall–Kier alpha value is -1.82. The second-order valence-electron chi connectivity index (χ2n) is 7.80. The zero-order valence-corrected chi connectivity index (χ0v) is 16.8. The minimum atomic E-state index is -0.167. The molecule has 0 spiro atoms. The second-order valence-corrected chi connectivity index (χ2v) is 7.80. The molecule has 5 nitrogen and oxygen atoms in total. The van der Waals surface area contributed by atoms with Crippen LogP contribution in [0, 0.1) is 5.82 Å². The highest BCUT2D eigenvalue weighted by Gasteiger charge is 2.21. The largest absolute Gasteiger partial charge is 0.371 e. The van der Waals surface area contributed by atoms with Gasteiger partial charge in [-0.15, -0.1) is 0 Å². The number of rotatable bonds is 6. The zero-order valence-electron chi connectivity index (χ0n) is 16.8. The van der Waals surface area contributed by atoms with Gasteiger partial charge in [0.1, 0.15) is 5.82 Å². The number of guanidine groups is 1. The Morgan fingerprint density at radius 3 is 2.63 bits per heavy atom. The summed E-state index contributed by atoms with van der Waals surface area (Å²) in [7, 11) is 4.06. The summed E-state index contributed by atoms with van der Waals surface area (Å²) in [5, 5.41) is 7.01. The molecule has 3 rings (SSSR count). The van der Waals surface area contributed by atoms with E-state index in [2.05, 4.69) is 32.5 Å². The van der Waals surface area contributed by atoms with E-state index in [9.17, 15) is 4.39 Å². The molecule has 6 heteroatoms. The van der Waals surface area contributed by atoms with Crippen molar-refractivity contribution in [1.29, 1.82) is 0 Å². The van der Waals surface area contributed by atoms with Gasteiger partial charge in [-0.25, -0.2) is 4.39 Å². The number of nitrogens with zero attached hydrogens (tertiary/aromatic N) is 3. The van der Waals surface area contributed by atoms with Gasteiger partial charge < -0.3 is 20.4 Å². The van der Waals surface area contributed by atoms with Crippen molar-refractivity contribution in [1.82, 2.24) is 15.5 Å². The predicted octanol–water partition coefficient (Wildman–Crippen LogP) is 2.83. The van der Waals surface area contributed by atoms with Gasteiger partial charge in [-0.3, -0.25) is 4.99 Å². The highest BCUT2D eigenvalue weighted by atomic mass is 19.1. The fourth-order valence-corrected chi connectivity index (χ4v) is 4.22. The lowest BCUT2D eigenvalue weighted by atomic mass is 10.0. The summed E-state index contributed by atoms with van der Waals surface area (Å²) in [5.41, 5.74) is 0.978. The average Bonchev–Trinajstić information content (AvgIpc) is 3.22. The molecule has 1 aliphatic carbocycles. The molecular formula is C21H34FN5. The van der Waals surface area contributed by atoms with E-state index in [1.807, 2.05) is 13.1 Å². The third kappa shape index (κ3) is 5.83. The van der Waals surface area contributed by atoms with E-state index in [1.54, 1.807) is 12.1 Å².